The molecule has 1 aromatic carbocycles. The average molecular weight is 344 g/mol. The van der Waals surface area contributed by atoms with Crippen molar-refractivity contribution in [2.75, 3.05) is 26.6 Å². The van der Waals surface area contributed by atoms with Gasteiger partial charge in [0, 0.05) is 13.5 Å². The summed E-state index contributed by atoms with van der Waals surface area (Å²) in [6.07, 6.45) is 0.608. The zero-order valence-electron chi connectivity index (χ0n) is 15.0. The van der Waals surface area contributed by atoms with E-state index < -0.39 is 5.60 Å². The van der Waals surface area contributed by atoms with Crippen LogP contribution < -0.4 is 10.5 Å². The summed E-state index contributed by atoms with van der Waals surface area (Å²) in [6.45, 7) is 4.43. The van der Waals surface area contributed by atoms with Gasteiger partial charge in [-0.05, 0) is 26.0 Å². The van der Waals surface area contributed by atoms with Crippen LogP contribution >= 0.6 is 0 Å². The molecule has 0 spiro atoms. The fourth-order valence-electron chi connectivity index (χ4n) is 3.08. The third kappa shape index (κ3) is 3.25. The minimum atomic E-state index is -0.915. The lowest BCUT2D eigenvalue weighted by Gasteiger charge is -2.21. The first-order chi connectivity index (χ1) is 11.9. The number of aromatic nitrogens is 3. The molecular weight excluding hydrogens is 320 g/mol. The molecule has 0 saturated carbocycles. The fraction of sp³-hybridized carbons (Fsp3) is 0.444. The summed E-state index contributed by atoms with van der Waals surface area (Å²) in [7, 11) is 3.27. The standard InChI is InChI=1S/C18H24N4O3/c1-18(2,23)10-22-13(8-9-24-3)21-15-16(22)14-11(20-17(15)19)6-5-7-12(14)25-4/h5-7,23H,8-10H2,1-4H3,(H2,19,20). The van der Waals surface area contributed by atoms with E-state index >= 15 is 0 Å². The molecule has 0 amide bonds. The molecule has 7 heteroatoms. The number of aliphatic hydroxyl groups is 1. The lowest BCUT2D eigenvalue weighted by atomic mass is 10.1. The molecule has 0 atom stereocenters. The quantitative estimate of drug-likeness (QED) is 0.711. The van der Waals surface area contributed by atoms with Crippen LogP contribution in [0.1, 0.15) is 19.7 Å². The van der Waals surface area contributed by atoms with Crippen molar-refractivity contribution >= 4 is 27.8 Å². The summed E-state index contributed by atoms with van der Waals surface area (Å²) in [5.74, 6) is 1.86. The zero-order chi connectivity index (χ0) is 18.2. The molecule has 0 unspecified atom stereocenters. The predicted molar refractivity (Wildman–Crippen MR) is 97.9 cm³/mol. The van der Waals surface area contributed by atoms with Crippen LogP contribution in [0.4, 0.5) is 5.82 Å². The van der Waals surface area contributed by atoms with Crippen molar-refractivity contribution in [2.45, 2.75) is 32.4 Å². The monoisotopic (exact) mass is 344 g/mol. The van der Waals surface area contributed by atoms with Gasteiger partial charge in [-0.3, -0.25) is 0 Å². The minimum absolute atomic E-state index is 0.365. The van der Waals surface area contributed by atoms with Gasteiger partial charge in [-0.1, -0.05) is 6.07 Å². The van der Waals surface area contributed by atoms with Gasteiger partial charge in [-0.2, -0.15) is 0 Å². The lowest BCUT2D eigenvalue weighted by molar-refractivity contribution is 0.0615. The Hall–Kier alpha value is -2.38. The van der Waals surface area contributed by atoms with Crippen molar-refractivity contribution in [1.82, 2.24) is 14.5 Å². The van der Waals surface area contributed by atoms with Crippen LogP contribution in [0.2, 0.25) is 0 Å². The molecule has 134 valence electrons. The lowest BCUT2D eigenvalue weighted by Crippen LogP contribution is -2.27. The largest absolute Gasteiger partial charge is 0.496 e. The number of benzene rings is 1. The number of pyridine rings is 1. The van der Waals surface area contributed by atoms with Gasteiger partial charge >= 0.3 is 0 Å². The number of fused-ring (bicyclic) bond motifs is 3. The van der Waals surface area contributed by atoms with Gasteiger partial charge in [0.2, 0.25) is 0 Å². The predicted octanol–water partition coefficient (Wildman–Crippen LogP) is 2.14. The smallest absolute Gasteiger partial charge is 0.152 e. The summed E-state index contributed by atoms with van der Waals surface area (Å²) >= 11 is 0. The number of hydrogen-bond donors (Lipinski definition) is 2. The highest BCUT2D eigenvalue weighted by Gasteiger charge is 2.23. The number of rotatable bonds is 6. The summed E-state index contributed by atoms with van der Waals surface area (Å²) in [4.78, 5) is 9.16. The SMILES string of the molecule is COCCc1nc2c(N)nc3cccc(OC)c3c2n1CC(C)(C)O. The Balaban J connectivity index is 2.40. The van der Waals surface area contributed by atoms with Gasteiger partial charge in [0.25, 0.3) is 0 Å². The van der Waals surface area contributed by atoms with E-state index in [1.807, 2.05) is 22.8 Å². The second-order valence-electron chi connectivity index (χ2n) is 6.72. The maximum atomic E-state index is 10.4. The Labute approximate surface area is 146 Å². The van der Waals surface area contributed by atoms with Gasteiger partial charge in [0.1, 0.15) is 17.1 Å². The van der Waals surface area contributed by atoms with E-state index in [0.29, 0.717) is 36.7 Å². The van der Waals surface area contributed by atoms with Crippen molar-refractivity contribution < 1.29 is 14.6 Å². The van der Waals surface area contributed by atoms with Crippen LogP contribution in [0.25, 0.3) is 21.9 Å². The maximum Gasteiger partial charge on any atom is 0.152 e. The fourth-order valence-corrected chi connectivity index (χ4v) is 3.08. The van der Waals surface area contributed by atoms with E-state index in [1.165, 1.54) is 0 Å². The molecule has 2 heterocycles. The Kier molecular flexibility index (Phi) is 4.53. The molecule has 0 saturated heterocycles. The number of methoxy groups -OCH3 is 2. The number of anilines is 1. The number of ether oxygens (including phenoxy) is 2. The third-order valence-corrected chi connectivity index (χ3v) is 4.07. The topological polar surface area (TPSA) is 95.4 Å². The van der Waals surface area contributed by atoms with E-state index in [4.69, 9.17) is 15.2 Å². The third-order valence-electron chi connectivity index (χ3n) is 4.07. The Morgan fingerprint density at radius 1 is 1.24 bits per heavy atom. The molecule has 0 aliphatic rings. The van der Waals surface area contributed by atoms with Crippen LogP contribution in [0.5, 0.6) is 5.75 Å². The molecular formula is C18H24N4O3. The summed E-state index contributed by atoms with van der Waals surface area (Å²) < 4.78 is 12.7. The first-order valence-electron chi connectivity index (χ1n) is 8.18. The second-order valence-corrected chi connectivity index (χ2v) is 6.72. The number of hydrogen-bond acceptors (Lipinski definition) is 6. The number of nitrogens with zero attached hydrogens (tertiary/aromatic N) is 3. The molecule has 0 aliphatic heterocycles. The average Bonchev–Trinajstić information content (AvgIpc) is 2.89. The van der Waals surface area contributed by atoms with Gasteiger partial charge in [0.15, 0.2) is 5.82 Å². The van der Waals surface area contributed by atoms with Gasteiger partial charge in [0.05, 0.1) is 42.3 Å². The van der Waals surface area contributed by atoms with Gasteiger partial charge < -0.3 is 24.9 Å². The summed E-state index contributed by atoms with van der Waals surface area (Å²) in [5.41, 5.74) is 7.43. The molecule has 0 fully saturated rings. The highest BCUT2D eigenvalue weighted by molar-refractivity contribution is 6.09. The highest BCUT2D eigenvalue weighted by atomic mass is 16.5. The highest BCUT2D eigenvalue weighted by Crippen LogP contribution is 2.35. The molecule has 0 aliphatic carbocycles. The van der Waals surface area contributed by atoms with E-state index in [2.05, 4.69) is 9.97 Å². The van der Waals surface area contributed by atoms with E-state index in [1.54, 1.807) is 28.1 Å². The van der Waals surface area contributed by atoms with Crippen LogP contribution in [0, 0.1) is 0 Å². The van der Waals surface area contributed by atoms with Crippen molar-refractivity contribution in [2.24, 2.45) is 0 Å². The minimum Gasteiger partial charge on any atom is -0.496 e. The zero-order valence-corrected chi connectivity index (χ0v) is 15.0. The molecule has 25 heavy (non-hydrogen) atoms. The number of nitrogens with two attached hydrogens (primary N) is 1. The van der Waals surface area contributed by atoms with Crippen LogP contribution in [-0.2, 0) is 17.7 Å². The molecule has 3 aromatic rings. The number of imidazole rings is 1. The van der Waals surface area contributed by atoms with Crippen molar-refractivity contribution in [1.29, 1.82) is 0 Å². The van der Waals surface area contributed by atoms with Gasteiger partial charge in [-0.25, -0.2) is 9.97 Å². The molecule has 3 rings (SSSR count). The van der Waals surface area contributed by atoms with E-state index in [0.717, 1.165) is 22.2 Å². The van der Waals surface area contributed by atoms with Crippen LogP contribution in [0.3, 0.4) is 0 Å². The summed E-state index contributed by atoms with van der Waals surface area (Å²) in [6, 6.07) is 5.65. The Bertz CT molecular complexity index is 912. The van der Waals surface area contributed by atoms with Crippen LogP contribution in [0.15, 0.2) is 18.2 Å². The van der Waals surface area contributed by atoms with E-state index in [-0.39, 0.29) is 0 Å². The second kappa shape index (κ2) is 6.50. The van der Waals surface area contributed by atoms with Crippen molar-refractivity contribution in [3.8, 4) is 5.75 Å². The Morgan fingerprint density at radius 3 is 2.64 bits per heavy atom. The summed E-state index contributed by atoms with van der Waals surface area (Å²) in [5, 5.41) is 11.3. The van der Waals surface area contributed by atoms with Crippen LogP contribution in [-0.4, -0.2) is 46.1 Å². The molecule has 0 radical (unpaired) electrons. The Morgan fingerprint density at radius 2 is 2.00 bits per heavy atom. The van der Waals surface area contributed by atoms with E-state index in [9.17, 15) is 5.11 Å². The molecule has 0 bridgehead atoms. The maximum absolute atomic E-state index is 10.4. The van der Waals surface area contributed by atoms with Crippen molar-refractivity contribution in [3.63, 3.8) is 0 Å². The molecule has 2 aromatic heterocycles. The normalized spacial score (nSPS) is 12.2. The van der Waals surface area contributed by atoms with Gasteiger partial charge in [-0.15, -0.1) is 0 Å². The van der Waals surface area contributed by atoms with Crippen molar-refractivity contribution in [3.05, 3.63) is 24.0 Å². The molecule has 3 N–H and O–H groups in total. The molecule has 7 nitrogen and oxygen atoms in total. The first-order valence-corrected chi connectivity index (χ1v) is 8.18. The number of nitrogen functional groups attached to an aromatic ring is 1. The first kappa shape index (κ1) is 17.4.